The molecule has 0 radical (unpaired) electrons. The van der Waals surface area contributed by atoms with Crippen molar-refractivity contribution < 1.29 is 4.79 Å². The predicted octanol–water partition coefficient (Wildman–Crippen LogP) is 2.66. The van der Waals surface area contributed by atoms with Crippen LogP contribution in [0.1, 0.15) is 37.9 Å². The highest BCUT2D eigenvalue weighted by Gasteiger charge is 2.22. The van der Waals surface area contributed by atoms with Gasteiger partial charge in [-0.05, 0) is 19.8 Å². The normalized spacial score (nSPS) is 15.9. The molecule has 0 bridgehead atoms. The molecule has 0 aliphatic heterocycles. The van der Waals surface area contributed by atoms with Crippen molar-refractivity contribution in [1.82, 2.24) is 19.7 Å². The molecule has 116 valence electrons. The lowest BCUT2D eigenvalue weighted by molar-refractivity contribution is -0.129. The molecule has 0 N–H and O–H groups in total. The van der Waals surface area contributed by atoms with E-state index < -0.39 is 0 Å². The third-order valence-electron chi connectivity index (χ3n) is 4.05. The van der Waals surface area contributed by atoms with Crippen molar-refractivity contribution in [2.24, 2.45) is 0 Å². The first-order chi connectivity index (χ1) is 10.1. The van der Waals surface area contributed by atoms with Crippen LogP contribution in [0.4, 0.5) is 0 Å². The molecule has 1 fully saturated rings. The van der Waals surface area contributed by atoms with E-state index >= 15 is 0 Å². The highest BCUT2D eigenvalue weighted by atomic mass is 32.2. The summed E-state index contributed by atoms with van der Waals surface area (Å²) in [6, 6.07) is 0.416. The molecule has 1 heterocycles. The zero-order chi connectivity index (χ0) is 15.2. The summed E-state index contributed by atoms with van der Waals surface area (Å²) in [5.74, 6) is 1.45. The topological polar surface area (TPSA) is 51.0 Å². The Hall–Kier alpha value is -1.30. The molecule has 0 unspecified atom stereocenters. The van der Waals surface area contributed by atoms with Crippen molar-refractivity contribution >= 4 is 17.7 Å². The number of nitrogens with zero attached hydrogens (tertiary/aromatic N) is 4. The molecule has 5 nitrogen and oxygen atoms in total. The number of hydrogen-bond acceptors (Lipinski definition) is 4. The molecule has 0 spiro atoms. The molecule has 0 aromatic carbocycles. The maximum absolute atomic E-state index is 12.3. The number of aryl methyl sites for hydroxylation is 1. The fourth-order valence-corrected chi connectivity index (χ4v) is 3.62. The molecular weight excluding hydrogens is 284 g/mol. The highest BCUT2D eigenvalue weighted by molar-refractivity contribution is 7.99. The average molecular weight is 308 g/mol. The first kappa shape index (κ1) is 16.1. The van der Waals surface area contributed by atoms with Gasteiger partial charge in [-0.2, -0.15) is 0 Å². The lowest BCUT2D eigenvalue weighted by Gasteiger charge is -2.31. The van der Waals surface area contributed by atoms with Crippen LogP contribution in [0.2, 0.25) is 0 Å². The van der Waals surface area contributed by atoms with E-state index in [4.69, 9.17) is 0 Å². The predicted molar refractivity (Wildman–Crippen MR) is 85.3 cm³/mol. The lowest BCUT2D eigenvalue weighted by atomic mass is 9.94. The van der Waals surface area contributed by atoms with Crippen molar-refractivity contribution in [3.8, 4) is 0 Å². The molecule has 1 aliphatic carbocycles. The Labute approximate surface area is 130 Å². The largest absolute Gasteiger partial charge is 0.342 e. The number of carbonyl (C=O) groups is 1. The van der Waals surface area contributed by atoms with E-state index in [0.717, 1.165) is 23.8 Å². The number of rotatable bonds is 6. The maximum Gasteiger partial charge on any atom is 0.233 e. The van der Waals surface area contributed by atoms with Gasteiger partial charge in [-0.3, -0.25) is 4.79 Å². The van der Waals surface area contributed by atoms with E-state index in [1.165, 1.54) is 31.0 Å². The van der Waals surface area contributed by atoms with Crippen LogP contribution < -0.4 is 0 Å². The Morgan fingerprint density at radius 1 is 1.43 bits per heavy atom. The minimum Gasteiger partial charge on any atom is -0.342 e. The highest BCUT2D eigenvalue weighted by Crippen LogP contribution is 2.23. The van der Waals surface area contributed by atoms with E-state index in [1.54, 1.807) is 0 Å². The van der Waals surface area contributed by atoms with Gasteiger partial charge in [0.2, 0.25) is 5.91 Å². The first-order valence-electron chi connectivity index (χ1n) is 7.52. The lowest BCUT2D eigenvalue weighted by Crippen LogP contribution is -2.39. The summed E-state index contributed by atoms with van der Waals surface area (Å²) in [5, 5.41) is 8.99. The number of carbonyl (C=O) groups excluding carboxylic acids is 1. The number of aromatic nitrogens is 3. The fourth-order valence-electron chi connectivity index (χ4n) is 2.71. The van der Waals surface area contributed by atoms with Crippen LogP contribution in [-0.4, -0.2) is 44.4 Å². The molecule has 0 atom stereocenters. The van der Waals surface area contributed by atoms with E-state index in [2.05, 4.69) is 16.8 Å². The van der Waals surface area contributed by atoms with Crippen molar-refractivity contribution in [2.45, 2.75) is 56.8 Å². The third-order valence-corrected chi connectivity index (χ3v) is 5.01. The van der Waals surface area contributed by atoms with Gasteiger partial charge in [0.1, 0.15) is 5.82 Å². The summed E-state index contributed by atoms with van der Waals surface area (Å²) in [4.78, 5) is 14.2. The van der Waals surface area contributed by atoms with Crippen molar-refractivity contribution in [3.63, 3.8) is 0 Å². The SMILES string of the molecule is C=CCn1c(C)nnc1SCC(=O)N(C)C1CCCCC1. The van der Waals surface area contributed by atoms with Crippen LogP contribution >= 0.6 is 11.8 Å². The quantitative estimate of drug-likeness (QED) is 0.599. The smallest absolute Gasteiger partial charge is 0.233 e. The molecular formula is C15H24N4OS. The van der Waals surface area contributed by atoms with Crippen LogP contribution in [0.25, 0.3) is 0 Å². The summed E-state index contributed by atoms with van der Waals surface area (Å²) in [5.41, 5.74) is 0. The molecule has 6 heteroatoms. The fraction of sp³-hybridized carbons (Fsp3) is 0.667. The summed E-state index contributed by atoms with van der Waals surface area (Å²) in [7, 11) is 1.93. The second kappa shape index (κ2) is 7.64. The molecule has 1 aromatic heterocycles. The summed E-state index contributed by atoms with van der Waals surface area (Å²) in [6.07, 6.45) is 7.87. The minimum absolute atomic E-state index is 0.178. The zero-order valence-electron chi connectivity index (χ0n) is 12.9. The van der Waals surface area contributed by atoms with Crippen molar-refractivity contribution in [1.29, 1.82) is 0 Å². The monoisotopic (exact) mass is 308 g/mol. The van der Waals surface area contributed by atoms with Gasteiger partial charge in [0.05, 0.1) is 5.75 Å². The van der Waals surface area contributed by atoms with E-state index in [9.17, 15) is 4.79 Å². The van der Waals surface area contributed by atoms with Gasteiger partial charge in [0.15, 0.2) is 5.16 Å². The second-order valence-electron chi connectivity index (χ2n) is 5.51. The Morgan fingerprint density at radius 2 is 2.14 bits per heavy atom. The average Bonchev–Trinajstić information content (AvgIpc) is 2.86. The van der Waals surface area contributed by atoms with Gasteiger partial charge in [-0.1, -0.05) is 37.1 Å². The molecule has 1 saturated carbocycles. The first-order valence-corrected chi connectivity index (χ1v) is 8.51. The van der Waals surface area contributed by atoms with Crippen LogP contribution in [0.3, 0.4) is 0 Å². The van der Waals surface area contributed by atoms with E-state index in [-0.39, 0.29) is 5.91 Å². The second-order valence-corrected chi connectivity index (χ2v) is 6.46. The summed E-state index contributed by atoms with van der Waals surface area (Å²) < 4.78 is 1.98. The Balaban J connectivity index is 1.89. The molecule has 1 aromatic rings. The van der Waals surface area contributed by atoms with Gasteiger partial charge < -0.3 is 9.47 Å². The van der Waals surface area contributed by atoms with Crippen molar-refractivity contribution in [3.05, 3.63) is 18.5 Å². The minimum atomic E-state index is 0.178. The van der Waals surface area contributed by atoms with Gasteiger partial charge in [-0.25, -0.2) is 0 Å². The van der Waals surface area contributed by atoms with Gasteiger partial charge >= 0.3 is 0 Å². The van der Waals surface area contributed by atoms with E-state index in [1.807, 2.05) is 29.5 Å². The molecule has 0 saturated heterocycles. The van der Waals surface area contributed by atoms with E-state index in [0.29, 0.717) is 18.3 Å². The molecule has 2 rings (SSSR count). The van der Waals surface area contributed by atoms with Crippen LogP contribution in [0.15, 0.2) is 17.8 Å². The van der Waals surface area contributed by atoms with Gasteiger partial charge in [0, 0.05) is 19.6 Å². The molecule has 1 amide bonds. The van der Waals surface area contributed by atoms with Crippen LogP contribution in [0.5, 0.6) is 0 Å². The zero-order valence-corrected chi connectivity index (χ0v) is 13.7. The van der Waals surface area contributed by atoms with Crippen molar-refractivity contribution in [2.75, 3.05) is 12.8 Å². The summed E-state index contributed by atoms with van der Waals surface area (Å²) in [6.45, 7) is 6.33. The van der Waals surface area contributed by atoms with Crippen LogP contribution in [-0.2, 0) is 11.3 Å². The third kappa shape index (κ3) is 4.09. The number of thioether (sulfide) groups is 1. The number of allylic oxidation sites excluding steroid dienone is 1. The maximum atomic E-state index is 12.3. The Bertz CT molecular complexity index is 494. The molecule has 21 heavy (non-hydrogen) atoms. The number of amides is 1. The molecule has 1 aliphatic rings. The Morgan fingerprint density at radius 3 is 2.81 bits per heavy atom. The van der Waals surface area contributed by atoms with Crippen LogP contribution in [0, 0.1) is 6.92 Å². The van der Waals surface area contributed by atoms with Gasteiger partial charge in [-0.15, -0.1) is 16.8 Å². The van der Waals surface area contributed by atoms with Gasteiger partial charge in [0.25, 0.3) is 0 Å². The standard InChI is InChI=1S/C15H24N4OS/c1-4-10-19-12(2)16-17-15(19)21-11-14(20)18(3)13-8-6-5-7-9-13/h4,13H,1,5-11H2,2-3H3. The summed E-state index contributed by atoms with van der Waals surface area (Å²) >= 11 is 1.46. The Kier molecular flexibility index (Phi) is 5.85. The number of hydrogen-bond donors (Lipinski definition) is 0.